The van der Waals surface area contributed by atoms with E-state index in [1.165, 1.54) is 24.4 Å². The quantitative estimate of drug-likeness (QED) is 0.598. The number of carbonyl (C=O) groups is 1. The molecule has 4 nitrogen and oxygen atoms in total. The van der Waals surface area contributed by atoms with Crippen LogP contribution in [0.3, 0.4) is 0 Å². The van der Waals surface area contributed by atoms with Crippen molar-refractivity contribution in [3.05, 3.63) is 35.9 Å². The third-order valence-corrected chi connectivity index (χ3v) is 1.53. The second kappa shape index (κ2) is 5.64. The maximum Gasteiger partial charge on any atom is 0.151 e. The van der Waals surface area contributed by atoms with Gasteiger partial charge in [0.15, 0.2) is 5.82 Å². The molecule has 1 rings (SSSR count). The highest BCUT2D eigenvalue weighted by Gasteiger charge is 1.90. The van der Waals surface area contributed by atoms with Gasteiger partial charge in [0, 0.05) is 18.3 Å². The molecule has 0 amide bonds. The second-order valence-electron chi connectivity index (χ2n) is 2.73. The molecule has 1 heterocycles. The Kier molecular flexibility index (Phi) is 4.15. The first kappa shape index (κ1) is 11.0. The Balaban J connectivity index is 2.61. The Morgan fingerprint density at radius 3 is 3.00 bits per heavy atom. The van der Waals surface area contributed by atoms with E-state index >= 15 is 0 Å². The molecule has 0 aliphatic heterocycles. The highest BCUT2D eigenvalue weighted by Crippen LogP contribution is 2.06. The predicted octanol–water partition coefficient (Wildman–Crippen LogP) is 1.35. The van der Waals surface area contributed by atoms with Crippen molar-refractivity contribution in [1.82, 2.24) is 4.98 Å². The second-order valence-corrected chi connectivity index (χ2v) is 2.73. The van der Waals surface area contributed by atoms with Gasteiger partial charge in [-0.3, -0.25) is 0 Å². The summed E-state index contributed by atoms with van der Waals surface area (Å²) in [6, 6.07) is 2.70. The first-order valence-corrected chi connectivity index (χ1v) is 4.26. The summed E-state index contributed by atoms with van der Waals surface area (Å²) in [4.78, 5) is 17.7. The molecule has 2 N–H and O–H groups in total. The van der Waals surface area contributed by atoms with Crippen LogP contribution < -0.4 is 5.73 Å². The smallest absolute Gasteiger partial charge is 0.151 e. The number of nitrogens with two attached hydrogens (primary N) is 1. The van der Waals surface area contributed by atoms with Gasteiger partial charge in [-0.05, 0) is 18.2 Å². The normalized spacial score (nSPS) is 11.9. The van der Waals surface area contributed by atoms with Crippen LogP contribution in [0.1, 0.15) is 6.42 Å². The summed E-state index contributed by atoms with van der Waals surface area (Å²) in [5.41, 5.74) is 5.84. The molecule has 0 aliphatic carbocycles. The number of carbonyl (C=O) groups excluding carboxylic acids is 1. The van der Waals surface area contributed by atoms with Crippen LogP contribution in [0.25, 0.3) is 0 Å². The predicted molar refractivity (Wildman–Crippen MR) is 55.3 cm³/mol. The molecule has 0 fully saturated rings. The van der Waals surface area contributed by atoms with Gasteiger partial charge in [0.05, 0.1) is 6.20 Å². The van der Waals surface area contributed by atoms with Gasteiger partial charge in [-0.2, -0.15) is 0 Å². The van der Waals surface area contributed by atoms with Crippen LogP contribution in [0.4, 0.5) is 10.2 Å². The van der Waals surface area contributed by atoms with Gasteiger partial charge in [-0.25, -0.2) is 14.4 Å². The monoisotopic (exact) mass is 207 g/mol. The van der Waals surface area contributed by atoms with Crippen molar-refractivity contribution in [3.8, 4) is 0 Å². The van der Waals surface area contributed by atoms with E-state index in [1.54, 1.807) is 0 Å². The number of aromatic nitrogens is 1. The van der Waals surface area contributed by atoms with Gasteiger partial charge in [0.25, 0.3) is 0 Å². The summed E-state index contributed by atoms with van der Waals surface area (Å²) in [5, 5.41) is 0. The van der Waals surface area contributed by atoms with E-state index in [2.05, 4.69) is 9.98 Å². The average molecular weight is 207 g/mol. The lowest BCUT2D eigenvalue weighted by Gasteiger charge is -1.91. The molecule has 1 aromatic heterocycles. The molecular weight excluding hydrogens is 197 g/mol. The van der Waals surface area contributed by atoms with Crippen molar-refractivity contribution >= 4 is 18.3 Å². The molecule has 0 bridgehead atoms. The maximum absolute atomic E-state index is 12.5. The summed E-state index contributed by atoms with van der Waals surface area (Å²) >= 11 is 0. The van der Waals surface area contributed by atoms with Crippen LogP contribution in [-0.2, 0) is 4.79 Å². The Labute approximate surface area is 86.3 Å². The van der Waals surface area contributed by atoms with E-state index in [0.29, 0.717) is 17.8 Å². The highest BCUT2D eigenvalue weighted by atomic mass is 19.1. The van der Waals surface area contributed by atoms with E-state index in [9.17, 15) is 9.18 Å². The Morgan fingerprint density at radius 1 is 1.60 bits per heavy atom. The summed E-state index contributed by atoms with van der Waals surface area (Å²) in [5.74, 6) is -0.0310. The number of aldehydes is 1. The number of nitrogens with zero attached hydrogens (tertiary/aromatic N) is 2. The first-order chi connectivity index (χ1) is 7.22. The van der Waals surface area contributed by atoms with Crippen molar-refractivity contribution in [2.24, 2.45) is 10.7 Å². The van der Waals surface area contributed by atoms with E-state index in [0.717, 1.165) is 6.20 Å². The summed E-state index contributed by atoms with van der Waals surface area (Å²) in [6.07, 6.45) is 4.86. The SMILES string of the molecule is N/C(=C\C=Nc1ccc(F)cn1)CC=O. The summed E-state index contributed by atoms with van der Waals surface area (Å²) in [6.45, 7) is 0. The van der Waals surface area contributed by atoms with Crippen LogP contribution in [0, 0.1) is 5.82 Å². The van der Waals surface area contributed by atoms with Crippen molar-refractivity contribution in [1.29, 1.82) is 0 Å². The fourth-order valence-electron chi connectivity index (χ4n) is 0.818. The minimum atomic E-state index is -0.412. The number of hydrogen-bond acceptors (Lipinski definition) is 4. The number of allylic oxidation sites excluding steroid dienone is 2. The van der Waals surface area contributed by atoms with Crippen LogP contribution in [0.15, 0.2) is 35.1 Å². The van der Waals surface area contributed by atoms with Crippen molar-refractivity contribution in [2.45, 2.75) is 6.42 Å². The topological polar surface area (TPSA) is 68.3 Å². The van der Waals surface area contributed by atoms with Crippen molar-refractivity contribution in [2.75, 3.05) is 0 Å². The Hall–Kier alpha value is -2.04. The fraction of sp³-hybridized carbons (Fsp3) is 0.100. The highest BCUT2D eigenvalue weighted by molar-refractivity contribution is 5.75. The minimum Gasteiger partial charge on any atom is -0.402 e. The lowest BCUT2D eigenvalue weighted by atomic mass is 10.3. The fourth-order valence-corrected chi connectivity index (χ4v) is 0.818. The Morgan fingerprint density at radius 2 is 2.40 bits per heavy atom. The molecule has 78 valence electrons. The maximum atomic E-state index is 12.5. The number of rotatable bonds is 4. The molecule has 0 aliphatic rings. The number of halogens is 1. The van der Waals surface area contributed by atoms with Crippen LogP contribution >= 0.6 is 0 Å². The van der Waals surface area contributed by atoms with Crippen molar-refractivity contribution in [3.63, 3.8) is 0 Å². The van der Waals surface area contributed by atoms with Gasteiger partial charge in [0.2, 0.25) is 0 Å². The molecule has 15 heavy (non-hydrogen) atoms. The molecule has 0 spiro atoms. The van der Waals surface area contributed by atoms with Gasteiger partial charge in [-0.15, -0.1) is 0 Å². The zero-order chi connectivity index (χ0) is 11.1. The van der Waals surface area contributed by atoms with Crippen LogP contribution in [-0.4, -0.2) is 17.5 Å². The number of hydrogen-bond donors (Lipinski definition) is 1. The molecule has 1 aromatic rings. The Bertz CT molecular complexity index is 384. The van der Waals surface area contributed by atoms with E-state index in [-0.39, 0.29) is 6.42 Å². The molecule has 5 heteroatoms. The average Bonchev–Trinajstić information content (AvgIpc) is 2.21. The zero-order valence-electron chi connectivity index (χ0n) is 7.93. The standard InChI is InChI=1S/C10H10FN3O/c11-8-1-2-10(14-7-8)13-5-3-9(12)4-6-15/h1-3,5-7H,4,12H2/b9-3-,13-5?. The van der Waals surface area contributed by atoms with E-state index in [1.807, 2.05) is 0 Å². The summed E-state index contributed by atoms with van der Waals surface area (Å²) < 4.78 is 12.5. The molecular formula is C10H10FN3O. The third kappa shape index (κ3) is 4.12. The summed E-state index contributed by atoms with van der Waals surface area (Å²) in [7, 11) is 0. The number of aliphatic imine (C=N–C) groups is 1. The van der Waals surface area contributed by atoms with Crippen LogP contribution in [0.2, 0.25) is 0 Å². The zero-order valence-corrected chi connectivity index (χ0v) is 7.93. The van der Waals surface area contributed by atoms with E-state index < -0.39 is 5.82 Å². The first-order valence-electron chi connectivity index (χ1n) is 4.26. The van der Waals surface area contributed by atoms with Gasteiger partial charge in [0.1, 0.15) is 12.1 Å². The molecule has 0 unspecified atom stereocenters. The lowest BCUT2D eigenvalue weighted by molar-refractivity contribution is -0.107. The molecule has 0 radical (unpaired) electrons. The molecule has 0 atom stereocenters. The van der Waals surface area contributed by atoms with Gasteiger partial charge in [-0.1, -0.05) is 0 Å². The van der Waals surface area contributed by atoms with Gasteiger partial charge < -0.3 is 10.5 Å². The number of pyridine rings is 1. The van der Waals surface area contributed by atoms with E-state index in [4.69, 9.17) is 5.73 Å². The third-order valence-electron chi connectivity index (χ3n) is 1.53. The molecule has 0 saturated heterocycles. The lowest BCUT2D eigenvalue weighted by Crippen LogP contribution is -1.97. The van der Waals surface area contributed by atoms with Crippen LogP contribution in [0.5, 0.6) is 0 Å². The largest absolute Gasteiger partial charge is 0.402 e. The molecule has 0 aromatic carbocycles. The minimum absolute atomic E-state index is 0.170. The molecule has 0 saturated carbocycles. The van der Waals surface area contributed by atoms with Gasteiger partial charge >= 0.3 is 0 Å². The van der Waals surface area contributed by atoms with Crippen molar-refractivity contribution < 1.29 is 9.18 Å².